The molecule has 0 radical (unpaired) electrons. The summed E-state index contributed by atoms with van der Waals surface area (Å²) < 4.78 is 32.8. The summed E-state index contributed by atoms with van der Waals surface area (Å²) in [6, 6.07) is 4.67. The largest absolute Gasteiger partial charge is 0.490 e. The van der Waals surface area contributed by atoms with Crippen LogP contribution in [0.15, 0.2) is 22.8 Å². The lowest BCUT2D eigenvalue weighted by atomic mass is 9.88. The summed E-state index contributed by atoms with van der Waals surface area (Å²) in [5.74, 6) is -0.134. The number of carbonyl (C=O) groups is 1. The molecule has 6 rings (SSSR count). The predicted octanol–water partition coefficient (Wildman–Crippen LogP) is 4.68. The Balaban J connectivity index is 0.000000374. The number of rotatable bonds is 4. The molecule has 1 unspecified atom stereocenters. The highest BCUT2D eigenvalue weighted by molar-refractivity contribution is 9.10. The Labute approximate surface area is 228 Å². The SMILES string of the molecule is CC1CCc2c(nc(NCc3ncccc3Br)nc2N2CCN3CC4(CC4)C[C@H]3C2)C1.O=C(O)C(F)(F)F. The molecule has 206 valence electrons. The van der Waals surface area contributed by atoms with Gasteiger partial charge in [-0.1, -0.05) is 6.92 Å². The maximum atomic E-state index is 10.6. The van der Waals surface area contributed by atoms with Crippen molar-refractivity contribution in [3.8, 4) is 0 Å². The number of piperazine rings is 1. The number of hydrogen-bond acceptors (Lipinski definition) is 7. The van der Waals surface area contributed by atoms with Gasteiger partial charge in [0.05, 0.1) is 17.9 Å². The second-order valence-corrected chi connectivity index (χ2v) is 11.9. The Morgan fingerprint density at radius 1 is 1.29 bits per heavy atom. The van der Waals surface area contributed by atoms with Crippen LogP contribution in [0.4, 0.5) is 24.9 Å². The molecule has 2 aromatic rings. The van der Waals surface area contributed by atoms with Crippen molar-refractivity contribution in [1.29, 1.82) is 0 Å². The molecule has 1 spiro atoms. The highest BCUT2D eigenvalue weighted by Gasteiger charge is 2.53. The first-order valence-electron chi connectivity index (χ1n) is 13.1. The highest BCUT2D eigenvalue weighted by Crippen LogP contribution is 2.55. The van der Waals surface area contributed by atoms with Crippen LogP contribution in [0.3, 0.4) is 0 Å². The van der Waals surface area contributed by atoms with E-state index in [4.69, 9.17) is 19.9 Å². The average Bonchev–Trinajstić information content (AvgIpc) is 3.51. The smallest absolute Gasteiger partial charge is 0.475 e. The summed E-state index contributed by atoms with van der Waals surface area (Å²) >= 11 is 3.60. The number of alkyl halides is 3. The molecule has 1 saturated carbocycles. The number of halogens is 4. The van der Waals surface area contributed by atoms with Crippen LogP contribution in [0.5, 0.6) is 0 Å². The van der Waals surface area contributed by atoms with E-state index in [2.05, 4.69) is 43.0 Å². The molecule has 2 saturated heterocycles. The van der Waals surface area contributed by atoms with Crippen molar-refractivity contribution in [2.24, 2.45) is 11.3 Å². The number of carboxylic acid groups (broad SMARTS) is 1. The Bertz CT molecular complexity index is 1190. The number of anilines is 2. The van der Waals surface area contributed by atoms with E-state index in [0.29, 0.717) is 23.9 Å². The maximum Gasteiger partial charge on any atom is 0.490 e. The van der Waals surface area contributed by atoms with Gasteiger partial charge in [-0.3, -0.25) is 9.88 Å². The molecular formula is C26H32BrF3N6O2. The Kier molecular flexibility index (Phi) is 7.56. The number of aliphatic carboxylic acids is 1. The summed E-state index contributed by atoms with van der Waals surface area (Å²) in [7, 11) is 0. The fourth-order valence-corrected chi connectivity index (χ4v) is 6.23. The van der Waals surface area contributed by atoms with E-state index in [1.54, 1.807) is 0 Å². The Hall–Kier alpha value is -2.47. The van der Waals surface area contributed by atoms with Crippen LogP contribution >= 0.6 is 15.9 Å². The summed E-state index contributed by atoms with van der Waals surface area (Å²) in [6.45, 7) is 7.66. The van der Waals surface area contributed by atoms with Gasteiger partial charge < -0.3 is 15.3 Å². The molecular weight excluding hydrogens is 565 g/mol. The molecule has 2 atom stereocenters. The van der Waals surface area contributed by atoms with E-state index in [1.165, 1.54) is 55.8 Å². The van der Waals surface area contributed by atoms with Gasteiger partial charge in [0.25, 0.3) is 0 Å². The van der Waals surface area contributed by atoms with Crippen LogP contribution in [0, 0.1) is 11.3 Å². The molecule has 38 heavy (non-hydrogen) atoms. The second-order valence-electron chi connectivity index (χ2n) is 11.0. The van der Waals surface area contributed by atoms with Crippen LogP contribution < -0.4 is 10.2 Å². The molecule has 3 fully saturated rings. The lowest BCUT2D eigenvalue weighted by Crippen LogP contribution is -2.50. The molecule has 8 nitrogen and oxygen atoms in total. The zero-order valence-corrected chi connectivity index (χ0v) is 22.9. The van der Waals surface area contributed by atoms with Gasteiger partial charge in [-0.2, -0.15) is 18.2 Å². The van der Waals surface area contributed by atoms with Gasteiger partial charge in [0.2, 0.25) is 5.95 Å². The minimum absolute atomic E-state index is 0.619. The van der Waals surface area contributed by atoms with Gasteiger partial charge in [0.1, 0.15) is 5.82 Å². The first-order valence-corrected chi connectivity index (χ1v) is 13.8. The van der Waals surface area contributed by atoms with E-state index < -0.39 is 12.1 Å². The maximum absolute atomic E-state index is 10.6. The monoisotopic (exact) mass is 596 g/mol. The van der Waals surface area contributed by atoms with Gasteiger partial charge >= 0.3 is 12.1 Å². The standard InChI is InChI=1S/C24H31BrN6.C2HF3O2/c1-16-4-5-18-20(11-16)28-23(27-13-21-19(25)3-2-8-26-21)29-22(18)30-9-10-31-15-24(6-7-24)12-17(31)14-30;3-2(4,5)1(6)7/h2-3,8,16-17H,4-7,9-15H2,1H3,(H,27,28,29);(H,6,7)/t16?,17-;/m0./s1. The Morgan fingerprint density at radius 2 is 2.05 bits per heavy atom. The number of pyridine rings is 1. The van der Waals surface area contributed by atoms with E-state index >= 15 is 0 Å². The Morgan fingerprint density at radius 3 is 2.74 bits per heavy atom. The molecule has 4 heterocycles. The van der Waals surface area contributed by atoms with Crippen molar-refractivity contribution in [1.82, 2.24) is 19.9 Å². The summed E-state index contributed by atoms with van der Waals surface area (Å²) in [5.41, 5.74) is 4.30. The average molecular weight is 597 g/mol. The third-order valence-corrected chi connectivity index (χ3v) is 8.78. The minimum Gasteiger partial charge on any atom is -0.475 e. The van der Waals surface area contributed by atoms with Crippen molar-refractivity contribution in [3.05, 3.63) is 39.8 Å². The summed E-state index contributed by atoms with van der Waals surface area (Å²) in [6.07, 6.45) is 4.41. The van der Waals surface area contributed by atoms with Crippen molar-refractivity contribution in [2.75, 3.05) is 36.4 Å². The van der Waals surface area contributed by atoms with Crippen molar-refractivity contribution < 1.29 is 23.1 Å². The van der Waals surface area contributed by atoms with E-state index in [9.17, 15) is 13.2 Å². The molecule has 2 aromatic heterocycles. The molecule has 2 aliphatic carbocycles. The first-order chi connectivity index (χ1) is 18.0. The fourth-order valence-electron chi connectivity index (χ4n) is 5.84. The number of aromatic nitrogens is 3. The van der Waals surface area contributed by atoms with Gasteiger partial charge in [0, 0.05) is 48.5 Å². The topological polar surface area (TPSA) is 94.5 Å². The van der Waals surface area contributed by atoms with E-state index in [0.717, 1.165) is 42.0 Å². The number of fused-ring (bicyclic) bond motifs is 2. The van der Waals surface area contributed by atoms with Crippen molar-refractivity contribution in [3.63, 3.8) is 0 Å². The molecule has 0 bridgehead atoms. The zero-order valence-electron chi connectivity index (χ0n) is 21.3. The van der Waals surface area contributed by atoms with Crippen LogP contribution in [0.2, 0.25) is 0 Å². The van der Waals surface area contributed by atoms with E-state index in [1.807, 2.05) is 18.3 Å². The minimum atomic E-state index is -5.08. The van der Waals surface area contributed by atoms with E-state index in [-0.39, 0.29) is 0 Å². The third kappa shape index (κ3) is 6.06. The summed E-state index contributed by atoms with van der Waals surface area (Å²) in [4.78, 5) is 28.7. The molecule has 0 amide bonds. The van der Waals surface area contributed by atoms with Crippen LogP contribution in [0.1, 0.15) is 49.6 Å². The molecule has 2 N–H and O–H groups in total. The highest BCUT2D eigenvalue weighted by atomic mass is 79.9. The normalized spacial score (nSPS) is 23.8. The van der Waals surface area contributed by atoms with Crippen LogP contribution in [-0.4, -0.2) is 69.3 Å². The van der Waals surface area contributed by atoms with Crippen LogP contribution in [0.25, 0.3) is 0 Å². The van der Waals surface area contributed by atoms with Gasteiger partial charge in [-0.05, 0) is 77.9 Å². The van der Waals surface area contributed by atoms with Crippen LogP contribution in [-0.2, 0) is 24.2 Å². The molecule has 4 aliphatic rings. The van der Waals surface area contributed by atoms with Crippen molar-refractivity contribution >= 4 is 33.7 Å². The third-order valence-electron chi connectivity index (χ3n) is 8.06. The number of carboxylic acids is 1. The summed E-state index contributed by atoms with van der Waals surface area (Å²) in [5, 5.41) is 10.6. The number of nitrogens with zero attached hydrogens (tertiary/aromatic N) is 5. The second kappa shape index (κ2) is 10.6. The van der Waals surface area contributed by atoms with Gasteiger partial charge in [-0.15, -0.1) is 0 Å². The fraction of sp³-hybridized carbons (Fsp3) is 0.615. The van der Waals surface area contributed by atoms with Gasteiger partial charge in [-0.25, -0.2) is 9.78 Å². The lowest BCUT2D eigenvalue weighted by molar-refractivity contribution is -0.192. The predicted molar refractivity (Wildman–Crippen MR) is 140 cm³/mol. The molecule has 0 aromatic carbocycles. The van der Waals surface area contributed by atoms with Gasteiger partial charge in [0.15, 0.2) is 0 Å². The molecule has 2 aliphatic heterocycles. The quantitative estimate of drug-likeness (QED) is 0.525. The molecule has 12 heteroatoms. The first kappa shape index (κ1) is 27.1. The number of hydrogen-bond donors (Lipinski definition) is 2. The van der Waals surface area contributed by atoms with Crippen molar-refractivity contribution in [2.45, 2.75) is 64.2 Å². The lowest BCUT2D eigenvalue weighted by Gasteiger charge is -2.39. The number of nitrogens with one attached hydrogen (secondary N) is 1. The zero-order chi connectivity index (χ0) is 27.1.